The van der Waals surface area contributed by atoms with E-state index in [0.29, 0.717) is 6.54 Å². The molecule has 0 saturated heterocycles. The van der Waals surface area contributed by atoms with Crippen molar-refractivity contribution in [1.82, 2.24) is 15.3 Å². The number of aromatic nitrogens is 2. The maximum Gasteiger partial charge on any atom is 0.235 e. The Hall–Kier alpha value is -1.37. The number of aryl methyl sites for hydroxylation is 1. The van der Waals surface area contributed by atoms with Crippen LogP contribution in [0.15, 0.2) is 12.4 Å². The van der Waals surface area contributed by atoms with E-state index in [-0.39, 0.29) is 0 Å². The normalized spacial score (nSPS) is 11.3. The fraction of sp³-hybridized carbons (Fsp3) is 0.556. The van der Waals surface area contributed by atoms with Crippen molar-refractivity contribution in [2.24, 2.45) is 0 Å². The second-order valence-electron chi connectivity index (χ2n) is 3.56. The Labute approximate surface area is 94.4 Å². The van der Waals surface area contributed by atoms with Crippen LogP contribution in [0.2, 0.25) is 0 Å². The molecular weight excluding hydrogens is 230 g/mol. The minimum Gasteiger partial charge on any atom is -0.355 e. The van der Waals surface area contributed by atoms with E-state index in [1.54, 1.807) is 12.4 Å². The van der Waals surface area contributed by atoms with Crippen molar-refractivity contribution >= 4 is 15.7 Å². The third-order valence-electron chi connectivity index (χ3n) is 1.86. The van der Waals surface area contributed by atoms with E-state index in [0.717, 1.165) is 24.9 Å². The van der Waals surface area contributed by atoms with Gasteiger partial charge in [-0.2, -0.15) is 0 Å². The van der Waals surface area contributed by atoms with Gasteiger partial charge in [-0.15, -0.1) is 0 Å². The van der Waals surface area contributed by atoms with Crippen LogP contribution >= 0.6 is 0 Å². The first-order valence-corrected chi connectivity index (χ1v) is 6.96. The van der Waals surface area contributed by atoms with E-state index in [9.17, 15) is 13.2 Å². The highest BCUT2D eigenvalue weighted by molar-refractivity contribution is 7.91. The molecule has 0 aliphatic rings. The predicted octanol–water partition coefficient (Wildman–Crippen LogP) is -0.497. The van der Waals surface area contributed by atoms with Crippen molar-refractivity contribution in [3.8, 4) is 0 Å². The first kappa shape index (κ1) is 12.7. The molecule has 0 fully saturated rings. The number of rotatable bonds is 6. The van der Waals surface area contributed by atoms with Crippen molar-refractivity contribution < 1.29 is 13.2 Å². The fourth-order valence-corrected chi connectivity index (χ4v) is 1.79. The summed E-state index contributed by atoms with van der Waals surface area (Å²) in [6, 6.07) is 0. The quantitative estimate of drug-likeness (QED) is 0.661. The van der Waals surface area contributed by atoms with Gasteiger partial charge in [-0.05, 0) is 6.42 Å². The number of hydrogen-bond donors (Lipinski definition) is 2. The SMILES string of the molecule is CS(=O)(=O)CC(=O)NCCCc1ncc[nH]1. The number of hydrogen-bond acceptors (Lipinski definition) is 4. The molecule has 0 bridgehead atoms. The van der Waals surface area contributed by atoms with Crippen LogP contribution in [0.25, 0.3) is 0 Å². The summed E-state index contributed by atoms with van der Waals surface area (Å²) in [6.07, 6.45) is 5.89. The van der Waals surface area contributed by atoms with E-state index >= 15 is 0 Å². The van der Waals surface area contributed by atoms with Crippen LogP contribution in [0, 0.1) is 0 Å². The fourth-order valence-electron chi connectivity index (χ4n) is 1.21. The smallest absolute Gasteiger partial charge is 0.235 e. The summed E-state index contributed by atoms with van der Waals surface area (Å²) in [7, 11) is -3.23. The molecule has 1 heterocycles. The summed E-state index contributed by atoms with van der Waals surface area (Å²) in [5.41, 5.74) is 0. The van der Waals surface area contributed by atoms with Gasteiger partial charge in [-0.3, -0.25) is 4.79 Å². The molecule has 0 saturated carbocycles. The largest absolute Gasteiger partial charge is 0.355 e. The van der Waals surface area contributed by atoms with Crippen LogP contribution in [-0.2, 0) is 21.1 Å². The van der Waals surface area contributed by atoms with Gasteiger partial charge < -0.3 is 10.3 Å². The average molecular weight is 245 g/mol. The topological polar surface area (TPSA) is 91.9 Å². The second-order valence-corrected chi connectivity index (χ2v) is 5.70. The molecular formula is C9H15N3O3S. The summed E-state index contributed by atoms with van der Waals surface area (Å²) in [5, 5.41) is 2.54. The molecule has 0 radical (unpaired) electrons. The van der Waals surface area contributed by atoms with Gasteiger partial charge >= 0.3 is 0 Å². The van der Waals surface area contributed by atoms with Crippen LogP contribution in [-0.4, -0.2) is 42.8 Å². The Bertz CT molecular complexity index is 425. The van der Waals surface area contributed by atoms with E-state index in [4.69, 9.17) is 0 Å². The van der Waals surface area contributed by atoms with Gasteiger partial charge in [0.25, 0.3) is 0 Å². The Morgan fingerprint density at radius 3 is 2.88 bits per heavy atom. The Kier molecular flexibility index (Phi) is 4.48. The van der Waals surface area contributed by atoms with E-state index in [2.05, 4.69) is 15.3 Å². The second kappa shape index (κ2) is 5.64. The van der Waals surface area contributed by atoms with Crippen molar-refractivity contribution in [3.63, 3.8) is 0 Å². The third-order valence-corrected chi connectivity index (χ3v) is 2.65. The van der Waals surface area contributed by atoms with Crippen LogP contribution in [0.3, 0.4) is 0 Å². The Balaban J connectivity index is 2.14. The lowest BCUT2D eigenvalue weighted by molar-refractivity contribution is -0.118. The summed E-state index contributed by atoms with van der Waals surface area (Å²) >= 11 is 0. The lowest BCUT2D eigenvalue weighted by atomic mass is 10.3. The molecule has 0 spiro atoms. The molecule has 7 heteroatoms. The predicted molar refractivity (Wildman–Crippen MR) is 59.6 cm³/mol. The van der Waals surface area contributed by atoms with Crippen LogP contribution in [0.1, 0.15) is 12.2 Å². The maximum atomic E-state index is 11.1. The Morgan fingerprint density at radius 1 is 1.56 bits per heavy atom. The van der Waals surface area contributed by atoms with Gasteiger partial charge in [0.1, 0.15) is 11.6 Å². The molecule has 1 aromatic heterocycles. The molecule has 1 amide bonds. The summed E-state index contributed by atoms with van der Waals surface area (Å²) in [6.45, 7) is 0.453. The molecule has 0 aliphatic heterocycles. The summed E-state index contributed by atoms with van der Waals surface area (Å²) < 4.78 is 21.6. The van der Waals surface area contributed by atoms with Gasteiger partial charge in [-0.1, -0.05) is 0 Å². The first-order chi connectivity index (χ1) is 7.47. The van der Waals surface area contributed by atoms with Crippen molar-refractivity contribution in [3.05, 3.63) is 18.2 Å². The van der Waals surface area contributed by atoms with Crippen LogP contribution in [0.5, 0.6) is 0 Å². The monoisotopic (exact) mass is 245 g/mol. The molecule has 2 N–H and O–H groups in total. The molecule has 90 valence electrons. The molecule has 16 heavy (non-hydrogen) atoms. The number of amides is 1. The van der Waals surface area contributed by atoms with E-state index in [1.165, 1.54) is 0 Å². The number of aromatic amines is 1. The van der Waals surface area contributed by atoms with Crippen molar-refractivity contribution in [2.45, 2.75) is 12.8 Å². The molecule has 0 unspecified atom stereocenters. The molecule has 1 aromatic rings. The van der Waals surface area contributed by atoms with E-state index < -0.39 is 21.5 Å². The van der Waals surface area contributed by atoms with Gasteiger partial charge in [0.15, 0.2) is 9.84 Å². The minimum absolute atomic E-state index is 0.451. The molecule has 0 aliphatic carbocycles. The van der Waals surface area contributed by atoms with Crippen molar-refractivity contribution in [1.29, 1.82) is 0 Å². The van der Waals surface area contributed by atoms with Crippen LogP contribution in [0.4, 0.5) is 0 Å². The highest BCUT2D eigenvalue weighted by atomic mass is 32.2. The number of nitrogens with one attached hydrogen (secondary N) is 2. The van der Waals surface area contributed by atoms with Gasteiger partial charge in [-0.25, -0.2) is 13.4 Å². The average Bonchev–Trinajstić information content (AvgIpc) is 2.62. The maximum absolute atomic E-state index is 11.1. The highest BCUT2D eigenvalue weighted by Crippen LogP contribution is 1.93. The zero-order valence-corrected chi connectivity index (χ0v) is 9.88. The van der Waals surface area contributed by atoms with Gasteiger partial charge in [0.05, 0.1) is 0 Å². The number of carbonyl (C=O) groups excluding carboxylic acids is 1. The van der Waals surface area contributed by atoms with Gasteiger partial charge in [0, 0.05) is 31.6 Å². The number of imidazole rings is 1. The lowest BCUT2D eigenvalue weighted by Crippen LogP contribution is -2.30. The number of sulfone groups is 1. The Morgan fingerprint density at radius 2 is 2.31 bits per heavy atom. The summed E-state index contributed by atoms with van der Waals surface area (Å²) in [5.74, 6) is -0.0485. The number of H-pyrrole nitrogens is 1. The molecule has 0 atom stereocenters. The number of nitrogens with zero attached hydrogens (tertiary/aromatic N) is 1. The van der Waals surface area contributed by atoms with Gasteiger partial charge in [0.2, 0.25) is 5.91 Å². The lowest BCUT2D eigenvalue weighted by Gasteiger charge is -2.03. The highest BCUT2D eigenvalue weighted by Gasteiger charge is 2.09. The van der Waals surface area contributed by atoms with E-state index in [1.807, 2.05) is 0 Å². The van der Waals surface area contributed by atoms with Crippen LogP contribution < -0.4 is 5.32 Å². The minimum atomic E-state index is -3.23. The first-order valence-electron chi connectivity index (χ1n) is 4.90. The standard InChI is InChI=1S/C9H15N3O3S/c1-16(14,15)7-9(13)12-4-2-3-8-10-5-6-11-8/h5-6H,2-4,7H2,1H3,(H,10,11)(H,12,13). The summed E-state index contributed by atoms with van der Waals surface area (Å²) in [4.78, 5) is 18.1. The molecule has 6 nitrogen and oxygen atoms in total. The zero-order valence-electron chi connectivity index (χ0n) is 9.06. The third kappa shape index (κ3) is 5.50. The molecule has 1 rings (SSSR count). The zero-order chi connectivity index (χ0) is 12.0. The van der Waals surface area contributed by atoms with Crippen molar-refractivity contribution in [2.75, 3.05) is 18.6 Å². The number of carbonyl (C=O) groups is 1. The molecule has 0 aromatic carbocycles.